The van der Waals surface area contributed by atoms with E-state index >= 15 is 0 Å². The molecule has 0 aliphatic carbocycles. The van der Waals surface area contributed by atoms with Crippen molar-refractivity contribution in [2.24, 2.45) is 4.99 Å². The van der Waals surface area contributed by atoms with Crippen molar-refractivity contribution >= 4 is 11.7 Å². The second-order valence-electron chi connectivity index (χ2n) is 8.86. The van der Waals surface area contributed by atoms with E-state index in [1.807, 2.05) is 45.7 Å². The summed E-state index contributed by atoms with van der Waals surface area (Å²) in [6.45, 7) is 21.9. The van der Waals surface area contributed by atoms with Gasteiger partial charge in [0, 0.05) is 44.5 Å². The molecule has 162 valence electrons. The molecule has 0 unspecified atom stereocenters. The van der Waals surface area contributed by atoms with E-state index in [0.29, 0.717) is 6.04 Å². The van der Waals surface area contributed by atoms with Crippen LogP contribution in [0.5, 0.6) is 0 Å². The number of nitrogens with zero attached hydrogens (tertiary/aromatic N) is 3. The Kier molecular flexibility index (Phi) is 8.93. The topological polar surface area (TPSA) is 47.9 Å². The van der Waals surface area contributed by atoms with Gasteiger partial charge in [-0.1, -0.05) is 25.3 Å². The molecule has 1 rings (SSSR count). The number of urea groups is 1. The van der Waals surface area contributed by atoms with Gasteiger partial charge in [0.15, 0.2) is 0 Å². The first kappa shape index (κ1) is 24.7. The zero-order chi connectivity index (χ0) is 22.4. The molecule has 1 fully saturated rings. The molecule has 0 saturated carbocycles. The van der Waals surface area contributed by atoms with E-state index in [1.54, 1.807) is 6.08 Å². The van der Waals surface area contributed by atoms with Crippen LogP contribution in [0.4, 0.5) is 4.79 Å². The fourth-order valence-electron chi connectivity index (χ4n) is 3.63. The molecule has 0 bridgehead atoms. The molecule has 5 nitrogen and oxygen atoms in total. The molecular weight excluding hydrogens is 360 g/mol. The number of rotatable bonds is 6. The fraction of sp³-hybridized carbons (Fsp3) is 0.583. The van der Waals surface area contributed by atoms with Crippen molar-refractivity contribution < 1.29 is 4.79 Å². The molecule has 1 aliphatic heterocycles. The van der Waals surface area contributed by atoms with Crippen molar-refractivity contribution in [2.75, 3.05) is 27.2 Å². The molecule has 1 saturated heterocycles. The lowest BCUT2D eigenvalue weighted by Gasteiger charge is -2.39. The Morgan fingerprint density at radius 2 is 1.72 bits per heavy atom. The number of piperidine rings is 1. The fourth-order valence-corrected chi connectivity index (χ4v) is 3.63. The number of carbonyl (C=O) groups is 1. The first-order valence-electron chi connectivity index (χ1n) is 10.4. The summed E-state index contributed by atoms with van der Waals surface area (Å²) in [5, 5.41) is 3.05. The smallest absolute Gasteiger partial charge is 0.317 e. The number of hydrogen-bond acceptors (Lipinski definition) is 3. The van der Waals surface area contributed by atoms with Crippen LogP contribution in [0.25, 0.3) is 0 Å². The zero-order valence-corrected chi connectivity index (χ0v) is 19.7. The molecule has 2 amide bonds. The van der Waals surface area contributed by atoms with E-state index in [1.165, 1.54) is 0 Å². The van der Waals surface area contributed by atoms with E-state index < -0.39 is 0 Å². The maximum absolute atomic E-state index is 12.4. The number of hydrogen-bond donors (Lipinski definition) is 1. The minimum Gasteiger partial charge on any atom is -0.372 e. The Balaban J connectivity index is 2.83. The molecule has 5 heteroatoms. The largest absolute Gasteiger partial charge is 0.372 e. The molecule has 29 heavy (non-hydrogen) atoms. The normalized spacial score (nSPS) is 17.6. The van der Waals surface area contributed by atoms with Crippen molar-refractivity contribution in [3.8, 4) is 0 Å². The summed E-state index contributed by atoms with van der Waals surface area (Å²) >= 11 is 0. The number of carbonyl (C=O) groups excluding carboxylic acids is 1. The third-order valence-corrected chi connectivity index (χ3v) is 5.52. The van der Waals surface area contributed by atoms with Gasteiger partial charge in [-0.25, -0.2) is 4.79 Å². The Labute approximate surface area is 177 Å². The number of likely N-dealkylation sites (tertiary alicyclic amines) is 1. The van der Waals surface area contributed by atoms with E-state index in [9.17, 15) is 4.79 Å². The van der Waals surface area contributed by atoms with Crippen LogP contribution in [0.3, 0.4) is 0 Å². The van der Waals surface area contributed by atoms with E-state index in [-0.39, 0.29) is 11.6 Å². The summed E-state index contributed by atoms with van der Waals surface area (Å²) in [4.78, 5) is 21.0. The number of nitrogens with one attached hydrogen (secondary N) is 1. The Morgan fingerprint density at radius 3 is 2.17 bits per heavy atom. The third-order valence-electron chi connectivity index (χ3n) is 5.52. The molecule has 1 heterocycles. The van der Waals surface area contributed by atoms with Gasteiger partial charge in [-0.05, 0) is 71.1 Å². The van der Waals surface area contributed by atoms with Crippen LogP contribution >= 0.6 is 0 Å². The summed E-state index contributed by atoms with van der Waals surface area (Å²) in [6, 6.07) is 0.397. The van der Waals surface area contributed by atoms with Gasteiger partial charge in [0.05, 0.1) is 5.71 Å². The molecule has 1 aliphatic rings. The average molecular weight is 401 g/mol. The second-order valence-corrected chi connectivity index (χ2v) is 8.86. The summed E-state index contributed by atoms with van der Waals surface area (Å²) in [6.07, 6.45) is 5.63. The average Bonchev–Trinajstić information content (AvgIpc) is 2.65. The van der Waals surface area contributed by atoms with Crippen LogP contribution in [0.2, 0.25) is 0 Å². The highest BCUT2D eigenvalue weighted by atomic mass is 16.2. The van der Waals surface area contributed by atoms with Gasteiger partial charge in [-0.3, -0.25) is 4.99 Å². The minimum atomic E-state index is -0.213. The van der Waals surface area contributed by atoms with E-state index in [4.69, 9.17) is 0 Å². The summed E-state index contributed by atoms with van der Waals surface area (Å²) in [5.41, 5.74) is 5.13. The summed E-state index contributed by atoms with van der Waals surface area (Å²) in [7, 11) is 3.92. The Bertz CT molecular complexity index is 714. The SMILES string of the molecule is C=C/C=C(\C)C(=NC)/C(C)=C(/C)C(=C)N(C)C1CCN(C(=O)NC(C)(C)C)CC1. The van der Waals surface area contributed by atoms with Gasteiger partial charge in [0.25, 0.3) is 0 Å². The number of amides is 2. The maximum Gasteiger partial charge on any atom is 0.317 e. The molecule has 0 aromatic carbocycles. The monoisotopic (exact) mass is 400 g/mol. The summed E-state index contributed by atoms with van der Waals surface area (Å²) in [5.74, 6) is 0. The lowest BCUT2D eigenvalue weighted by molar-refractivity contribution is 0.146. The Morgan fingerprint density at radius 1 is 1.17 bits per heavy atom. The standard InChI is InChI=1S/C24H40N4O/c1-11-12-17(2)22(25-9)19(4)18(3)20(5)27(10)21-13-15-28(16-14-21)23(29)26-24(6,7)8/h11-12,21H,1,5,13-16H2,2-4,6-10H3,(H,26,29)/b17-12+,19-18-,25-22?. The highest BCUT2D eigenvalue weighted by molar-refractivity contribution is 6.12. The molecule has 0 aromatic heterocycles. The van der Waals surface area contributed by atoms with Crippen LogP contribution < -0.4 is 5.32 Å². The van der Waals surface area contributed by atoms with Gasteiger partial charge in [-0.15, -0.1) is 0 Å². The molecule has 1 N–H and O–H groups in total. The van der Waals surface area contributed by atoms with Crippen molar-refractivity contribution in [1.29, 1.82) is 0 Å². The van der Waals surface area contributed by atoms with Gasteiger partial charge in [-0.2, -0.15) is 0 Å². The van der Waals surface area contributed by atoms with Crippen LogP contribution in [0.1, 0.15) is 54.4 Å². The van der Waals surface area contributed by atoms with Gasteiger partial charge >= 0.3 is 6.03 Å². The van der Waals surface area contributed by atoms with Gasteiger partial charge < -0.3 is 15.1 Å². The minimum absolute atomic E-state index is 0.0256. The van der Waals surface area contributed by atoms with Crippen LogP contribution in [-0.4, -0.2) is 60.3 Å². The second kappa shape index (κ2) is 10.5. The maximum atomic E-state index is 12.4. The Hall–Kier alpha value is -2.30. The number of aliphatic imine (C=N–C) groups is 1. The highest BCUT2D eigenvalue weighted by Crippen LogP contribution is 2.25. The quantitative estimate of drug-likeness (QED) is 0.507. The van der Waals surface area contributed by atoms with E-state index in [2.05, 4.69) is 49.3 Å². The number of allylic oxidation sites excluding steroid dienone is 5. The van der Waals surface area contributed by atoms with Crippen LogP contribution in [-0.2, 0) is 0 Å². The summed E-state index contributed by atoms with van der Waals surface area (Å²) < 4.78 is 0. The van der Waals surface area contributed by atoms with Crippen LogP contribution in [0.15, 0.2) is 52.7 Å². The molecule has 0 aromatic rings. The molecule has 0 atom stereocenters. The van der Waals surface area contributed by atoms with E-state index in [0.717, 1.165) is 54.1 Å². The molecular formula is C24H40N4O. The van der Waals surface area contributed by atoms with Crippen molar-refractivity contribution in [3.05, 3.63) is 47.7 Å². The lowest BCUT2D eigenvalue weighted by Crippen LogP contribution is -2.52. The highest BCUT2D eigenvalue weighted by Gasteiger charge is 2.28. The first-order chi connectivity index (χ1) is 13.4. The molecule has 0 spiro atoms. The number of likely N-dealkylation sites (N-methyl/N-ethyl adjacent to an activating group) is 1. The zero-order valence-electron chi connectivity index (χ0n) is 19.7. The third kappa shape index (κ3) is 6.91. The van der Waals surface area contributed by atoms with Crippen molar-refractivity contribution in [2.45, 2.75) is 66.0 Å². The predicted molar refractivity (Wildman–Crippen MR) is 125 cm³/mol. The van der Waals surface area contributed by atoms with Crippen molar-refractivity contribution in [3.63, 3.8) is 0 Å². The predicted octanol–water partition coefficient (Wildman–Crippen LogP) is 4.94. The van der Waals surface area contributed by atoms with Crippen LogP contribution in [0, 0.1) is 0 Å². The van der Waals surface area contributed by atoms with Gasteiger partial charge in [0.2, 0.25) is 0 Å². The lowest BCUT2D eigenvalue weighted by atomic mass is 9.96. The molecule has 0 radical (unpaired) electrons. The first-order valence-corrected chi connectivity index (χ1v) is 10.4. The van der Waals surface area contributed by atoms with Crippen molar-refractivity contribution in [1.82, 2.24) is 15.1 Å². The van der Waals surface area contributed by atoms with Gasteiger partial charge in [0.1, 0.15) is 0 Å².